The van der Waals surface area contributed by atoms with Crippen LogP contribution in [0.25, 0.3) is 0 Å². The highest BCUT2D eigenvalue weighted by Crippen LogP contribution is 2.36. The monoisotopic (exact) mass is 550 g/mol. The zero-order chi connectivity index (χ0) is 27.9. The van der Waals surface area contributed by atoms with Crippen LogP contribution in [0.3, 0.4) is 0 Å². The summed E-state index contributed by atoms with van der Waals surface area (Å²) in [5, 5.41) is 12.6. The third kappa shape index (κ3) is 6.57. The molecule has 2 aromatic carbocycles. The lowest BCUT2D eigenvalue weighted by molar-refractivity contribution is -0.148. The van der Waals surface area contributed by atoms with E-state index in [2.05, 4.69) is 21.3 Å². The van der Waals surface area contributed by atoms with Gasteiger partial charge in [-0.3, -0.25) is 14.4 Å². The largest absolute Gasteiger partial charge is 0.366 e. The Morgan fingerprint density at radius 2 is 1.67 bits per heavy atom. The summed E-state index contributed by atoms with van der Waals surface area (Å²) in [5.41, 5.74) is 7.89. The van der Waals surface area contributed by atoms with Crippen molar-refractivity contribution in [3.8, 4) is 0 Å². The van der Waals surface area contributed by atoms with Crippen molar-refractivity contribution in [3.63, 3.8) is 0 Å². The van der Waals surface area contributed by atoms with E-state index < -0.39 is 18.1 Å². The lowest BCUT2D eigenvalue weighted by Gasteiger charge is -2.43. The van der Waals surface area contributed by atoms with Crippen molar-refractivity contribution in [3.05, 3.63) is 71.8 Å². The molecule has 0 aromatic heterocycles. The smallest absolute Gasteiger partial charge is 0.246 e. The van der Waals surface area contributed by atoms with Gasteiger partial charge in [0.25, 0.3) is 0 Å². The zero-order valence-corrected chi connectivity index (χ0v) is 23.2. The normalized spacial score (nSPS) is 23.1. The van der Waals surface area contributed by atoms with Crippen LogP contribution in [-0.4, -0.2) is 65.5 Å². The summed E-state index contributed by atoms with van der Waals surface area (Å²) in [4.78, 5) is 42.1. The van der Waals surface area contributed by atoms with Crippen LogP contribution in [0, 0.1) is 5.92 Å². The van der Waals surface area contributed by atoms with Gasteiger partial charge in [0, 0.05) is 25.6 Å². The second-order valence-corrected chi connectivity index (χ2v) is 10.6. The summed E-state index contributed by atoms with van der Waals surface area (Å²) >= 11 is 5.23. The van der Waals surface area contributed by atoms with E-state index in [1.807, 2.05) is 67.6 Å². The highest BCUT2D eigenvalue weighted by atomic mass is 32.1. The molecule has 5 atom stereocenters. The summed E-state index contributed by atoms with van der Waals surface area (Å²) in [6.07, 6.45) is 2.37. The van der Waals surface area contributed by atoms with Gasteiger partial charge >= 0.3 is 0 Å². The van der Waals surface area contributed by atoms with E-state index >= 15 is 0 Å². The minimum atomic E-state index is -0.800. The predicted octanol–water partition coefficient (Wildman–Crippen LogP) is 1.59. The lowest BCUT2D eigenvalue weighted by atomic mass is 9.85. The molecule has 2 heterocycles. The van der Waals surface area contributed by atoms with Crippen LogP contribution in [-0.2, 0) is 14.4 Å². The minimum absolute atomic E-state index is 0.0943. The minimum Gasteiger partial charge on any atom is -0.366 e. The lowest BCUT2D eigenvalue weighted by Crippen LogP contribution is -2.64. The fourth-order valence-corrected chi connectivity index (χ4v) is 5.66. The van der Waals surface area contributed by atoms with Gasteiger partial charge in [-0.25, -0.2) is 0 Å². The van der Waals surface area contributed by atoms with Crippen LogP contribution in [0.4, 0.5) is 0 Å². The average molecular weight is 551 g/mol. The molecule has 2 aliphatic rings. The maximum atomic E-state index is 13.9. The summed E-state index contributed by atoms with van der Waals surface area (Å²) in [6.45, 7) is 2.24. The maximum absolute atomic E-state index is 13.9. The first-order chi connectivity index (χ1) is 18.8. The molecule has 2 aromatic rings. The van der Waals surface area contributed by atoms with E-state index in [-0.39, 0.29) is 35.7 Å². The Kier molecular flexibility index (Phi) is 9.53. The second-order valence-electron chi connectivity index (χ2n) is 10.2. The molecule has 0 spiro atoms. The molecule has 4 rings (SSSR count). The fourth-order valence-electron chi connectivity index (χ4n) is 5.58. The van der Waals surface area contributed by atoms with Crippen molar-refractivity contribution in [2.24, 2.45) is 11.7 Å². The van der Waals surface area contributed by atoms with Crippen LogP contribution in [0.2, 0.25) is 0 Å². The SMILES string of the molecule is CC[C@H](N)C(=O)N[C@@H]1C(=O)N2C(CC[C@H]2C(=O)NC(c2ccccc2)c2ccccc2)C[C@@H]1CNC(=S)NC. The van der Waals surface area contributed by atoms with Gasteiger partial charge in [-0.05, 0) is 49.0 Å². The summed E-state index contributed by atoms with van der Waals surface area (Å²) in [6, 6.07) is 17.0. The topological polar surface area (TPSA) is 129 Å². The van der Waals surface area contributed by atoms with Gasteiger partial charge in [-0.1, -0.05) is 67.6 Å². The first-order valence-electron chi connectivity index (χ1n) is 13.6. The van der Waals surface area contributed by atoms with E-state index in [0.717, 1.165) is 11.1 Å². The van der Waals surface area contributed by atoms with Crippen molar-refractivity contribution >= 4 is 35.1 Å². The standard InChI is InChI=1S/C29H38N6O3S/c1-3-22(30)26(36)34-25-20(17-32-29(39)31-2)16-21-14-15-23(35(21)28(25)38)27(37)33-24(18-10-6-4-7-11-18)19-12-8-5-9-13-19/h4-13,20-25H,3,14-17,30H2,1-2H3,(H,33,37)(H,34,36)(H2,31,32,39)/t20-,21?,22+,23+,25+/m1/s1. The predicted molar refractivity (Wildman–Crippen MR) is 154 cm³/mol. The average Bonchev–Trinajstić information content (AvgIpc) is 3.40. The Labute approximate surface area is 235 Å². The quantitative estimate of drug-likeness (QED) is 0.300. The van der Waals surface area contributed by atoms with Crippen LogP contribution >= 0.6 is 12.2 Å². The molecular weight excluding hydrogens is 512 g/mol. The molecule has 0 saturated carbocycles. The van der Waals surface area contributed by atoms with Gasteiger partial charge in [0.1, 0.15) is 12.1 Å². The number of piperidine rings is 1. The van der Waals surface area contributed by atoms with Crippen molar-refractivity contribution in [2.45, 2.75) is 62.8 Å². The molecule has 1 unspecified atom stereocenters. The Bertz CT molecular complexity index is 1120. The van der Waals surface area contributed by atoms with Crippen molar-refractivity contribution in [1.82, 2.24) is 26.2 Å². The van der Waals surface area contributed by atoms with Gasteiger partial charge in [-0.2, -0.15) is 0 Å². The van der Waals surface area contributed by atoms with E-state index in [0.29, 0.717) is 37.3 Å². The van der Waals surface area contributed by atoms with Crippen molar-refractivity contribution in [1.29, 1.82) is 0 Å². The second kappa shape index (κ2) is 13.0. The molecule has 2 aliphatic heterocycles. The number of fused-ring (bicyclic) bond motifs is 1. The van der Waals surface area contributed by atoms with Crippen molar-refractivity contribution < 1.29 is 14.4 Å². The molecule has 6 N–H and O–H groups in total. The molecule has 2 saturated heterocycles. The number of thiocarbonyl (C=S) groups is 1. The highest BCUT2D eigenvalue weighted by molar-refractivity contribution is 7.80. The molecule has 0 radical (unpaired) electrons. The molecule has 39 heavy (non-hydrogen) atoms. The Balaban J connectivity index is 1.56. The Hall–Kier alpha value is -3.50. The van der Waals surface area contributed by atoms with E-state index in [1.165, 1.54) is 0 Å². The Morgan fingerprint density at radius 1 is 1.05 bits per heavy atom. The summed E-state index contributed by atoms with van der Waals surface area (Å²) in [7, 11) is 1.72. The number of hydrogen-bond acceptors (Lipinski definition) is 5. The number of nitrogens with one attached hydrogen (secondary N) is 4. The molecule has 0 bridgehead atoms. The van der Waals surface area contributed by atoms with Gasteiger partial charge in [-0.15, -0.1) is 0 Å². The fraction of sp³-hybridized carbons (Fsp3) is 0.448. The third-order valence-corrected chi connectivity index (χ3v) is 8.10. The van der Waals surface area contributed by atoms with Crippen LogP contribution < -0.4 is 27.0 Å². The Morgan fingerprint density at radius 3 is 2.23 bits per heavy atom. The van der Waals surface area contributed by atoms with E-state index in [1.54, 1.807) is 11.9 Å². The number of amides is 3. The number of carbonyl (C=O) groups excluding carboxylic acids is 3. The number of rotatable bonds is 9. The van der Waals surface area contributed by atoms with Gasteiger partial charge in [0.2, 0.25) is 17.7 Å². The number of carbonyl (C=O) groups is 3. The molecule has 10 heteroatoms. The zero-order valence-electron chi connectivity index (χ0n) is 22.4. The molecule has 0 aliphatic carbocycles. The molecule has 3 amide bonds. The summed E-state index contributed by atoms with van der Waals surface area (Å²) in [5.74, 6) is -1.02. The highest BCUT2D eigenvalue weighted by Gasteiger charge is 2.50. The molecular formula is C29H38N6O3S. The molecule has 2 fully saturated rings. The third-order valence-electron chi connectivity index (χ3n) is 7.75. The number of hydrogen-bond donors (Lipinski definition) is 5. The maximum Gasteiger partial charge on any atom is 0.246 e. The van der Waals surface area contributed by atoms with Crippen LogP contribution in [0.15, 0.2) is 60.7 Å². The van der Waals surface area contributed by atoms with E-state index in [4.69, 9.17) is 18.0 Å². The first kappa shape index (κ1) is 28.5. The summed E-state index contributed by atoms with van der Waals surface area (Å²) < 4.78 is 0. The van der Waals surface area contributed by atoms with Gasteiger partial charge < -0.3 is 31.9 Å². The number of nitrogens with zero attached hydrogens (tertiary/aromatic N) is 1. The van der Waals surface area contributed by atoms with Crippen LogP contribution in [0.1, 0.15) is 49.8 Å². The van der Waals surface area contributed by atoms with Crippen molar-refractivity contribution in [2.75, 3.05) is 13.6 Å². The molecule has 9 nitrogen and oxygen atoms in total. The number of nitrogens with two attached hydrogens (primary N) is 1. The van der Waals surface area contributed by atoms with Gasteiger partial charge in [0.05, 0.1) is 12.1 Å². The first-order valence-corrected chi connectivity index (χ1v) is 14.0. The van der Waals surface area contributed by atoms with E-state index in [9.17, 15) is 14.4 Å². The number of benzene rings is 2. The van der Waals surface area contributed by atoms with Crippen LogP contribution in [0.5, 0.6) is 0 Å². The van der Waals surface area contributed by atoms with Gasteiger partial charge in [0.15, 0.2) is 5.11 Å². The molecule has 208 valence electrons.